The number of phosphoric acid groups is 1. The molecule has 0 amide bonds. The molecule has 10 heteroatoms. The van der Waals surface area contributed by atoms with Crippen molar-refractivity contribution in [2.75, 3.05) is 26.4 Å². The maximum atomic E-state index is 12.5. The van der Waals surface area contributed by atoms with Crippen LogP contribution in [0.5, 0.6) is 0 Å². The first-order valence-electron chi connectivity index (χ1n) is 20.1. The van der Waals surface area contributed by atoms with E-state index >= 15 is 0 Å². The molecule has 2 unspecified atom stereocenters. The molecule has 3 N–H and O–H groups in total. The maximum Gasteiger partial charge on any atom is 0.472 e. The third-order valence-electron chi connectivity index (χ3n) is 8.19. The highest BCUT2D eigenvalue weighted by Gasteiger charge is 2.25. The van der Waals surface area contributed by atoms with Crippen LogP contribution in [0.2, 0.25) is 0 Å². The van der Waals surface area contributed by atoms with E-state index in [4.69, 9.17) is 24.3 Å². The van der Waals surface area contributed by atoms with Gasteiger partial charge in [-0.1, -0.05) is 127 Å². The monoisotopic (exact) mass is 740 g/mol. The summed E-state index contributed by atoms with van der Waals surface area (Å²) < 4.78 is 32.6. The molecule has 0 fully saturated rings. The Kier molecular flexibility index (Phi) is 36.2. The molecule has 0 aromatic carbocycles. The molecular formula is C41H74NO8P. The molecule has 51 heavy (non-hydrogen) atoms. The lowest BCUT2D eigenvalue weighted by molar-refractivity contribution is -0.161. The van der Waals surface area contributed by atoms with Crippen LogP contribution in [-0.2, 0) is 32.7 Å². The van der Waals surface area contributed by atoms with E-state index in [9.17, 15) is 19.0 Å². The maximum absolute atomic E-state index is 12.5. The molecule has 0 aliphatic rings. The van der Waals surface area contributed by atoms with Crippen LogP contribution in [0.25, 0.3) is 0 Å². The van der Waals surface area contributed by atoms with Gasteiger partial charge in [-0.25, -0.2) is 4.57 Å². The summed E-state index contributed by atoms with van der Waals surface area (Å²) in [6.45, 7) is 3.63. The van der Waals surface area contributed by atoms with Crippen LogP contribution in [0.1, 0.15) is 168 Å². The quantitative estimate of drug-likeness (QED) is 0.0276. The Morgan fingerprint density at radius 2 is 1.02 bits per heavy atom. The van der Waals surface area contributed by atoms with E-state index in [1.54, 1.807) is 0 Å². The molecule has 2 atom stereocenters. The molecular weight excluding hydrogens is 665 g/mol. The average Bonchev–Trinajstić information content (AvgIpc) is 3.11. The summed E-state index contributed by atoms with van der Waals surface area (Å²) in [5.74, 6) is -0.886. The molecule has 9 nitrogen and oxygen atoms in total. The number of carbonyl (C=O) groups is 2. The highest BCUT2D eigenvalue weighted by atomic mass is 31.2. The van der Waals surface area contributed by atoms with Gasteiger partial charge in [0.1, 0.15) is 6.61 Å². The number of allylic oxidation sites excluding steroid dienone is 8. The molecule has 0 spiro atoms. The van der Waals surface area contributed by atoms with Crippen molar-refractivity contribution in [3.8, 4) is 0 Å². The van der Waals surface area contributed by atoms with Gasteiger partial charge in [0.2, 0.25) is 0 Å². The van der Waals surface area contributed by atoms with E-state index in [1.807, 2.05) is 0 Å². The summed E-state index contributed by atoms with van der Waals surface area (Å²) in [6.07, 6.45) is 41.4. The van der Waals surface area contributed by atoms with Gasteiger partial charge in [0.25, 0.3) is 0 Å². The third kappa shape index (κ3) is 37.5. The van der Waals surface area contributed by atoms with Gasteiger partial charge < -0.3 is 20.1 Å². The lowest BCUT2D eigenvalue weighted by Gasteiger charge is -2.19. The van der Waals surface area contributed by atoms with Gasteiger partial charge >= 0.3 is 19.8 Å². The first-order chi connectivity index (χ1) is 24.8. The van der Waals surface area contributed by atoms with Crippen molar-refractivity contribution in [2.24, 2.45) is 5.73 Å². The van der Waals surface area contributed by atoms with Crippen LogP contribution in [0, 0.1) is 0 Å². The Morgan fingerprint density at radius 1 is 0.588 bits per heavy atom. The molecule has 0 radical (unpaired) electrons. The van der Waals surface area contributed by atoms with Gasteiger partial charge in [0.15, 0.2) is 6.10 Å². The number of phosphoric ester groups is 1. The minimum atomic E-state index is -4.38. The normalized spacial score (nSPS) is 13.9. The van der Waals surface area contributed by atoms with Crippen LogP contribution in [0.3, 0.4) is 0 Å². The van der Waals surface area contributed by atoms with Crippen molar-refractivity contribution in [3.05, 3.63) is 48.6 Å². The molecule has 0 aliphatic heterocycles. The van der Waals surface area contributed by atoms with Crippen molar-refractivity contribution in [2.45, 2.75) is 174 Å². The predicted molar refractivity (Wildman–Crippen MR) is 210 cm³/mol. The largest absolute Gasteiger partial charge is 0.472 e. The predicted octanol–water partition coefficient (Wildman–Crippen LogP) is 11.2. The Hall–Kier alpha value is -2.03. The number of nitrogens with two attached hydrogens (primary N) is 1. The molecule has 0 bridgehead atoms. The second-order valence-electron chi connectivity index (χ2n) is 13.1. The number of esters is 2. The first kappa shape index (κ1) is 49.0. The van der Waals surface area contributed by atoms with E-state index in [0.29, 0.717) is 12.8 Å². The number of ether oxygens (including phenoxy) is 2. The molecule has 0 aliphatic carbocycles. The Labute approximate surface area is 311 Å². The summed E-state index contributed by atoms with van der Waals surface area (Å²) in [4.78, 5) is 34.7. The van der Waals surface area contributed by atoms with Gasteiger partial charge in [0, 0.05) is 19.4 Å². The number of rotatable bonds is 37. The number of hydrogen-bond donors (Lipinski definition) is 2. The fraction of sp³-hybridized carbons (Fsp3) is 0.756. The second kappa shape index (κ2) is 37.7. The molecule has 0 saturated heterocycles. The fourth-order valence-corrected chi connectivity index (χ4v) is 5.93. The topological polar surface area (TPSA) is 134 Å². The molecule has 0 aromatic heterocycles. The highest BCUT2D eigenvalue weighted by molar-refractivity contribution is 7.47. The average molecular weight is 740 g/mol. The third-order valence-corrected chi connectivity index (χ3v) is 9.17. The zero-order chi connectivity index (χ0) is 37.5. The Bertz CT molecular complexity index is 981. The minimum absolute atomic E-state index is 0.0455. The van der Waals surface area contributed by atoms with E-state index in [1.165, 1.54) is 64.2 Å². The Morgan fingerprint density at radius 3 is 1.61 bits per heavy atom. The zero-order valence-electron chi connectivity index (χ0n) is 32.3. The molecule has 296 valence electrons. The van der Waals surface area contributed by atoms with Crippen LogP contribution in [0.15, 0.2) is 48.6 Å². The minimum Gasteiger partial charge on any atom is -0.462 e. The summed E-state index contributed by atoms with van der Waals surface area (Å²) in [7, 11) is -4.38. The summed E-state index contributed by atoms with van der Waals surface area (Å²) in [5.41, 5.74) is 5.33. The lowest BCUT2D eigenvalue weighted by Crippen LogP contribution is -2.29. The van der Waals surface area contributed by atoms with Gasteiger partial charge in [0.05, 0.1) is 13.2 Å². The van der Waals surface area contributed by atoms with E-state index in [0.717, 1.165) is 64.2 Å². The lowest BCUT2D eigenvalue weighted by atomic mass is 10.1. The summed E-state index contributed by atoms with van der Waals surface area (Å²) in [6, 6.07) is 0. The first-order valence-corrected chi connectivity index (χ1v) is 21.6. The number of unbranched alkanes of at least 4 members (excludes halogenated alkanes) is 16. The van der Waals surface area contributed by atoms with Crippen LogP contribution in [-0.4, -0.2) is 49.3 Å². The van der Waals surface area contributed by atoms with Crippen LogP contribution < -0.4 is 5.73 Å². The van der Waals surface area contributed by atoms with Gasteiger partial charge in [-0.3, -0.25) is 18.6 Å². The molecule has 0 saturated carbocycles. The van der Waals surface area contributed by atoms with Crippen LogP contribution in [0.4, 0.5) is 0 Å². The van der Waals surface area contributed by atoms with E-state index in [2.05, 4.69) is 62.5 Å². The summed E-state index contributed by atoms with van der Waals surface area (Å²) in [5, 5.41) is 0. The van der Waals surface area contributed by atoms with Crippen molar-refractivity contribution in [1.29, 1.82) is 0 Å². The van der Waals surface area contributed by atoms with Crippen LogP contribution >= 0.6 is 7.82 Å². The standard InChI is InChI=1S/C41H74NO8P/c1-3-5-7-9-11-13-15-17-19-21-23-25-27-29-31-33-40(43)47-37-39(38-49-51(45,46)48-36-35-42)50-41(44)34-32-30-28-26-24-22-20-18-16-14-12-10-8-6-4-2/h11,13,17-20,23,25,39H,3-10,12,14-16,21-22,24,26-38,42H2,1-2H3,(H,45,46). The van der Waals surface area contributed by atoms with Crippen molar-refractivity contribution in [1.82, 2.24) is 0 Å². The molecule has 0 heterocycles. The van der Waals surface area contributed by atoms with Gasteiger partial charge in [-0.15, -0.1) is 0 Å². The van der Waals surface area contributed by atoms with Crippen molar-refractivity contribution >= 4 is 19.8 Å². The summed E-state index contributed by atoms with van der Waals surface area (Å²) >= 11 is 0. The fourth-order valence-electron chi connectivity index (χ4n) is 5.16. The highest BCUT2D eigenvalue weighted by Crippen LogP contribution is 2.43. The SMILES string of the molecule is CCCCCC=CCC=CCC=CCCCCC(=O)OCC(COP(=O)(O)OCCN)OC(=O)CCCCCCCC=CCCCCCCCC. The van der Waals surface area contributed by atoms with E-state index in [-0.39, 0.29) is 32.6 Å². The Balaban J connectivity index is 4.29. The smallest absolute Gasteiger partial charge is 0.462 e. The van der Waals surface area contributed by atoms with E-state index < -0.39 is 32.5 Å². The van der Waals surface area contributed by atoms with Gasteiger partial charge in [-0.2, -0.15) is 0 Å². The van der Waals surface area contributed by atoms with Gasteiger partial charge in [-0.05, 0) is 77.0 Å². The zero-order valence-corrected chi connectivity index (χ0v) is 33.2. The molecule has 0 rings (SSSR count). The van der Waals surface area contributed by atoms with Crippen molar-refractivity contribution < 1.29 is 37.6 Å². The molecule has 0 aromatic rings. The number of carbonyl (C=O) groups excluding carboxylic acids is 2. The van der Waals surface area contributed by atoms with Crippen molar-refractivity contribution in [3.63, 3.8) is 0 Å². The number of hydrogen-bond acceptors (Lipinski definition) is 8. The second-order valence-corrected chi connectivity index (χ2v) is 14.6.